The lowest BCUT2D eigenvalue weighted by atomic mass is 9.95. The monoisotopic (exact) mass is 205 g/mol. The van der Waals surface area contributed by atoms with Crippen LogP contribution in [0.25, 0.3) is 0 Å². The highest BCUT2D eigenvalue weighted by atomic mass is 16.5. The van der Waals surface area contributed by atoms with Crippen molar-refractivity contribution in [2.24, 2.45) is 5.73 Å². The van der Waals surface area contributed by atoms with Gasteiger partial charge in [-0.2, -0.15) is 0 Å². The lowest BCUT2D eigenvalue weighted by Crippen LogP contribution is -2.24. The third kappa shape index (κ3) is 1.86. The molecular weight excluding hydrogens is 186 g/mol. The van der Waals surface area contributed by atoms with Gasteiger partial charge in [-0.15, -0.1) is 0 Å². The predicted molar refractivity (Wildman–Crippen MR) is 62.2 cm³/mol. The molecule has 0 saturated carbocycles. The van der Waals surface area contributed by atoms with Crippen molar-refractivity contribution in [3.8, 4) is 5.75 Å². The van der Waals surface area contributed by atoms with Gasteiger partial charge in [-0.25, -0.2) is 0 Å². The number of nitrogens with two attached hydrogens (primary N) is 1. The summed E-state index contributed by atoms with van der Waals surface area (Å²) in [6.07, 6.45) is 0.975. The largest absolute Gasteiger partial charge is 0.487 e. The van der Waals surface area contributed by atoms with Gasteiger partial charge >= 0.3 is 0 Å². The number of hydrogen-bond donors (Lipinski definition) is 1. The van der Waals surface area contributed by atoms with E-state index >= 15 is 0 Å². The molecule has 1 heterocycles. The molecule has 1 aromatic rings. The minimum Gasteiger partial charge on any atom is -0.487 e. The fourth-order valence-electron chi connectivity index (χ4n) is 2.26. The highest BCUT2D eigenvalue weighted by molar-refractivity contribution is 5.46. The normalized spacial score (nSPS) is 19.5. The zero-order valence-corrected chi connectivity index (χ0v) is 9.92. The summed E-state index contributed by atoms with van der Waals surface area (Å²) < 4.78 is 5.87. The molecule has 1 aromatic carbocycles. The third-order valence-electron chi connectivity index (χ3n) is 2.94. The number of fused-ring (bicyclic) bond motifs is 1. The second kappa shape index (κ2) is 3.24. The van der Waals surface area contributed by atoms with Crippen LogP contribution in [0.1, 0.15) is 43.5 Å². The first-order chi connectivity index (χ1) is 6.89. The van der Waals surface area contributed by atoms with Crippen molar-refractivity contribution < 1.29 is 4.74 Å². The van der Waals surface area contributed by atoms with Crippen molar-refractivity contribution in [1.82, 2.24) is 0 Å². The Bertz CT molecular complexity index is 394. The maximum Gasteiger partial charge on any atom is 0.123 e. The third-order valence-corrected chi connectivity index (χ3v) is 2.94. The Balaban J connectivity index is 2.45. The van der Waals surface area contributed by atoms with Gasteiger partial charge in [0.1, 0.15) is 11.4 Å². The molecule has 1 atom stereocenters. The lowest BCUT2D eigenvalue weighted by molar-refractivity contribution is 0.138. The predicted octanol–water partition coefficient (Wildman–Crippen LogP) is 2.73. The Labute approximate surface area is 91.4 Å². The molecule has 0 amide bonds. The molecule has 2 nitrogen and oxygen atoms in total. The van der Waals surface area contributed by atoms with E-state index in [1.165, 1.54) is 16.7 Å². The van der Waals surface area contributed by atoms with Crippen molar-refractivity contribution in [3.05, 3.63) is 28.8 Å². The minimum atomic E-state index is -0.0643. The molecular formula is C13H19NO. The van der Waals surface area contributed by atoms with Gasteiger partial charge < -0.3 is 10.5 Å². The van der Waals surface area contributed by atoms with Crippen molar-refractivity contribution in [1.29, 1.82) is 0 Å². The summed E-state index contributed by atoms with van der Waals surface area (Å²) in [7, 11) is 0. The second-order valence-electron chi connectivity index (χ2n) is 5.14. The molecule has 0 radical (unpaired) electrons. The summed E-state index contributed by atoms with van der Waals surface area (Å²) in [6, 6.07) is 4.41. The van der Waals surface area contributed by atoms with E-state index in [4.69, 9.17) is 10.5 Å². The van der Waals surface area contributed by atoms with Crippen molar-refractivity contribution in [2.75, 3.05) is 0 Å². The molecule has 82 valence electrons. The van der Waals surface area contributed by atoms with Crippen LogP contribution in [-0.4, -0.2) is 5.60 Å². The molecule has 0 aromatic heterocycles. The van der Waals surface area contributed by atoms with Gasteiger partial charge in [0.05, 0.1) is 0 Å². The second-order valence-corrected chi connectivity index (χ2v) is 5.14. The van der Waals surface area contributed by atoms with E-state index in [-0.39, 0.29) is 11.6 Å². The van der Waals surface area contributed by atoms with Gasteiger partial charge in [0.15, 0.2) is 0 Å². The standard InChI is InChI=1S/C13H19NO/c1-8-5-12-10(6-11(8)9(2)14)7-13(3,4)15-12/h5-6,9H,7,14H2,1-4H3. The van der Waals surface area contributed by atoms with E-state index in [2.05, 4.69) is 32.9 Å². The van der Waals surface area contributed by atoms with Crippen LogP contribution in [0.2, 0.25) is 0 Å². The molecule has 0 saturated heterocycles. The molecule has 2 rings (SSSR count). The first-order valence-corrected chi connectivity index (χ1v) is 5.47. The summed E-state index contributed by atoms with van der Waals surface area (Å²) in [4.78, 5) is 0. The minimum absolute atomic E-state index is 0.0643. The molecule has 15 heavy (non-hydrogen) atoms. The van der Waals surface area contributed by atoms with E-state index in [0.29, 0.717) is 0 Å². The van der Waals surface area contributed by atoms with Crippen LogP contribution in [0.4, 0.5) is 0 Å². The zero-order chi connectivity index (χ0) is 11.2. The summed E-state index contributed by atoms with van der Waals surface area (Å²) in [5.41, 5.74) is 9.62. The van der Waals surface area contributed by atoms with Gasteiger partial charge in [0, 0.05) is 12.5 Å². The summed E-state index contributed by atoms with van der Waals surface area (Å²) in [5.74, 6) is 1.03. The topological polar surface area (TPSA) is 35.2 Å². The first kappa shape index (κ1) is 10.5. The smallest absolute Gasteiger partial charge is 0.123 e. The molecule has 0 aliphatic carbocycles. The average molecular weight is 205 g/mol. The van der Waals surface area contributed by atoms with E-state index < -0.39 is 0 Å². The molecule has 0 spiro atoms. The molecule has 1 aliphatic rings. The van der Waals surface area contributed by atoms with E-state index in [1.807, 2.05) is 6.92 Å². The molecule has 0 fully saturated rings. The Hall–Kier alpha value is -1.02. The van der Waals surface area contributed by atoms with E-state index in [1.54, 1.807) is 0 Å². The van der Waals surface area contributed by atoms with Gasteiger partial charge in [-0.3, -0.25) is 0 Å². The van der Waals surface area contributed by atoms with Gasteiger partial charge in [-0.05, 0) is 50.5 Å². The van der Waals surface area contributed by atoms with Crippen LogP contribution in [0, 0.1) is 6.92 Å². The van der Waals surface area contributed by atoms with Crippen LogP contribution in [-0.2, 0) is 6.42 Å². The molecule has 2 N–H and O–H groups in total. The van der Waals surface area contributed by atoms with Crippen LogP contribution in [0.3, 0.4) is 0 Å². The Morgan fingerprint density at radius 3 is 2.67 bits per heavy atom. The molecule has 0 bridgehead atoms. The van der Waals surface area contributed by atoms with Crippen molar-refractivity contribution >= 4 is 0 Å². The van der Waals surface area contributed by atoms with Crippen LogP contribution in [0.15, 0.2) is 12.1 Å². The van der Waals surface area contributed by atoms with Crippen LogP contribution >= 0.6 is 0 Å². The maximum absolute atomic E-state index is 5.94. The zero-order valence-electron chi connectivity index (χ0n) is 9.92. The maximum atomic E-state index is 5.94. The fourth-order valence-corrected chi connectivity index (χ4v) is 2.26. The number of rotatable bonds is 1. The SMILES string of the molecule is Cc1cc2c(cc1C(C)N)CC(C)(C)O2. The fraction of sp³-hybridized carbons (Fsp3) is 0.538. The number of hydrogen-bond acceptors (Lipinski definition) is 2. The van der Waals surface area contributed by atoms with Crippen molar-refractivity contribution in [2.45, 2.75) is 45.8 Å². The lowest BCUT2D eigenvalue weighted by Gasteiger charge is -2.16. The average Bonchev–Trinajstić information content (AvgIpc) is 2.36. The molecule has 2 heteroatoms. The quantitative estimate of drug-likeness (QED) is 0.765. The van der Waals surface area contributed by atoms with E-state index in [9.17, 15) is 0 Å². The summed E-state index contributed by atoms with van der Waals surface area (Å²) in [5, 5.41) is 0. The Kier molecular flexibility index (Phi) is 2.27. The van der Waals surface area contributed by atoms with Crippen LogP contribution < -0.4 is 10.5 Å². The number of ether oxygens (including phenoxy) is 1. The van der Waals surface area contributed by atoms with E-state index in [0.717, 1.165) is 12.2 Å². The van der Waals surface area contributed by atoms with Crippen molar-refractivity contribution in [3.63, 3.8) is 0 Å². The van der Waals surface area contributed by atoms with Crippen LogP contribution in [0.5, 0.6) is 5.75 Å². The highest BCUT2D eigenvalue weighted by Gasteiger charge is 2.30. The van der Waals surface area contributed by atoms with Gasteiger partial charge in [-0.1, -0.05) is 6.07 Å². The van der Waals surface area contributed by atoms with Gasteiger partial charge in [0.25, 0.3) is 0 Å². The first-order valence-electron chi connectivity index (χ1n) is 5.47. The Morgan fingerprint density at radius 2 is 2.07 bits per heavy atom. The van der Waals surface area contributed by atoms with Gasteiger partial charge in [0.2, 0.25) is 0 Å². The molecule has 1 aliphatic heterocycles. The highest BCUT2D eigenvalue weighted by Crippen LogP contribution is 2.37. The number of benzene rings is 1. The number of aryl methyl sites for hydroxylation is 1. The Morgan fingerprint density at radius 1 is 1.40 bits per heavy atom. The summed E-state index contributed by atoms with van der Waals surface area (Å²) in [6.45, 7) is 8.35. The molecule has 1 unspecified atom stereocenters. The summed E-state index contributed by atoms with van der Waals surface area (Å²) >= 11 is 0.